The van der Waals surface area contributed by atoms with Gasteiger partial charge in [-0.15, -0.1) is 0 Å². The Balaban J connectivity index is 1.41. The van der Waals surface area contributed by atoms with E-state index in [4.69, 9.17) is 42.6 Å². The Bertz CT molecular complexity index is 2190. The summed E-state index contributed by atoms with van der Waals surface area (Å²) in [4.78, 5) is 113. The van der Waals surface area contributed by atoms with Gasteiger partial charge in [-0.3, -0.25) is 43.2 Å². The summed E-state index contributed by atoms with van der Waals surface area (Å²) in [6.07, 6.45) is 8.91. The van der Waals surface area contributed by atoms with Crippen LogP contribution in [0.25, 0.3) is 0 Å². The standard InChI is InChI=1S/C75H136N8O18/c1-16-60-50(4)53(7)68(81-56(10)84)71(99-60)96-41-24-20-30-63(88)76-36-23-19-29-59(87)33-44-93-47-75(74(13,14)15,48-94-45-34-66(91)79-39-27-37-77-64(89)31-21-25-42-97-72-69(82-57(11)85)54(8)51(5)61(17-2)100-72)49-95-46-35-67(92)80-40-28-38-78-65(90)32-22-26-43-98-73-70(83-58(12)86)55(9)52(6)62(18-3)101-73/h50-55,60-62,68-73H,16-49H2,1-15H3,(H,76,88)(H,77,89)(H,78,90)(H,79,91)(H,80,92)(H,81,84)(H,82,85)(H,83,86)/t50-,51-,52-,53-,54-,55-,60?,61?,62?,68?,69?,70?,71+,72+,73+,75?/m0/s1. The first-order valence-electron chi connectivity index (χ1n) is 38.3. The maximum atomic E-state index is 13.1. The fourth-order valence-electron chi connectivity index (χ4n) is 13.2. The Labute approximate surface area is 605 Å². The summed E-state index contributed by atoms with van der Waals surface area (Å²) in [7, 11) is 0. The van der Waals surface area contributed by atoms with Crippen LogP contribution in [-0.4, -0.2) is 201 Å². The highest BCUT2D eigenvalue weighted by atomic mass is 16.7. The number of amides is 8. The second-order valence-electron chi connectivity index (χ2n) is 29.6. The van der Waals surface area contributed by atoms with Crippen molar-refractivity contribution in [3.63, 3.8) is 0 Å². The number of unbranched alkanes of at least 4 members (excludes halogenated alkanes) is 4. The molecule has 26 nitrogen and oxygen atoms in total. The van der Waals surface area contributed by atoms with E-state index >= 15 is 0 Å². The zero-order valence-corrected chi connectivity index (χ0v) is 64.6. The molecule has 0 spiro atoms. The van der Waals surface area contributed by atoms with Crippen LogP contribution in [0.2, 0.25) is 0 Å². The normalized spacial score (nSPS) is 25.8. The van der Waals surface area contributed by atoms with Gasteiger partial charge < -0.3 is 85.2 Å². The number of Topliss-reactive ketones (excluding diaryl/α,β-unsaturated/α-hetero) is 1. The average Bonchev–Trinajstić information content (AvgIpc) is 0.829. The Morgan fingerprint density at radius 3 is 0.901 bits per heavy atom. The molecule has 584 valence electrons. The van der Waals surface area contributed by atoms with Crippen molar-refractivity contribution >= 4 is 53.0 Å². The van der Waals surface area contributed by atoms with Crippen LogP contribution in [0.5, 0.6) is 0 Å². The van der Waals surface area contributed by atoms with Gasteiger partial charge in [0.1, 0.15) is 5.78 Å². The molecule has 0 aromatic rings. The molecule has 0 radical (unpaired) electrons. The maximum Gasteiger partial charge on any atom is 0.222 e. The minimum absolute atomic E-state index is 0.0386. The van der Waals surface area contributed by atoms with Gasteiger partial charge in [0.05, 0.1) is 76.1 Å². The van der Waals surface area contributed by atoms with E-state index in [-0.39, 0.29) is 184 Å². The van der Waals surface area contributed by atoms with Crippen LogP contribution in [0.3, 0.4) is 0 Å². The summed E-state index contributed by atoms with van der Waals surface area (Å²) >= 11 is 0. The lowest BCUT2D eigenvalue weighted by molar-refractivity contribution is -0.236. The molecule has 0 aliphatic carbocycles. The van der Waals surface area contributed by atoms with E-state index in [1.807, 2.05) is 20.8 Å². The molecule has 3 aliphatic heterocycles. The van der Waals surface area contributed by atoms with Crippen LogP contribution in [0.1, 0.15) is 232 Å². The lowest BCUT2D eigenvalue weighted by atomic mass is 9.68. The van der Waals surface area contributed by atoms with Crippen LogP contribution in [0.15, 0.2) is 0 Å². The predicted octanol–water partition coefficient (Wildman–Crippen LogP) is 7.64. The van der Waals surface area contributed by atoms with E-state index in [9.17, 15) is 43.2 Å². The molecule has 101 heavy (non-hydrogen) atoms. The van der Waals surface area contributed by atoms with Gasteiger partial charge >= 0.3 is 0 Å². The van der Waals surface area contributed by atoms with E-state index in [0.717, 1.165) is 19.3 Å². The molecule has 8 amide bonds. The van der Waals surface area contributed by atoms with E-state index in [1.165, 1.54) is 20.8 Å². The summed E-state index contributed by atoms with van der Waals surface area (Å²) in [5.74, 6) is 0.363. The third-order valence-corrected chi connectivity index (χ3v) is 20.7. The zero-order chi connectivity index (χ0) is 74.9. The Hall–Kier alpha value is -4.93. The number of hydrogen-bond acceptors (Lipinski definition) is 18. The minimum atomic E-state index is -0.756. The van der Waals surface area contributed by atoms with Crippen molar-refractivity contribution in [3.8, 4) is 0 Å². The van der Waals surface area contributed by atoms with Gasteiger partial charge in [0.2, 0.25) is 47.3 Å². The number of carbonyl (C=O) groups excluding carboxylic acids is 9. The molecule has 0 bridgehead atoms. The second kappa shape index (κ2) is 49.7. The fourth-order valence-corrected chi connectivity index (χ4v) is 13.2. The number of rotatable bonds is 52. The summed E-state index contributed by atoms with van der Waals surface area (Å²) in [6.45, 7) is 33.7. The lowest BCUT2D eigenvalue weighted by Gasteiger charge is -2.44. The molecule has 3 aliphatic rings. The average molecular weight is 1440 g/mol. The number of hydrogen-bond donors (Lipinski definition) is 8. The molecule has 0 aromatic carbocycles. The van der Waals surface area contributed by atoms with Crippen LogP contribution in [0, 0.1) is 46.3 Å². The van der Waals surface area contributed by atoms with Crippen LogP contribution in [-0.2, 0) is 85.8 Å². The van der Waals surface area contributed by atoms with Crippen LogP contribution < -0.4 is 42.5 Å². The summed E-state index contributed by atoms with van der Waals surface area (Å²) in [5, 5.41) is 23.6. The van der Waals surface area contributed by atoms with Crippen molar-refractivity contribution in [3.05, 3.63) is 0 Å². The summed E-state index contributed by atoms with van der Waals surface area (Å²) in [5.41, 5.74) is -1.22. The topological polar surface area (TPSA) is 333 Å². The lowest BCUT2D eigenvalue weighted by Crippen LogP contribution is -2.57. The number of nitrogens with one attached hydrogen (secondary N) is 8. The molecular formula is C75H136N8O18. The molecule has 0 saturated carbocycles. The number of ether oxygens (including phenoxy) is 9. The van der Waals surface area contributed by atoms with Gasteiger partial charge in [0, 0.05) is 124 Å². The van der Waals surface area contributed by atoms with Gasteiger partial charge in [0.15, 0.2) is 18.9 Å². The molecule has 26 heteroatoms. The van der Waals surface area contributed by atoms with E-state index in [1.54, 1.807) is 0 Å². The van der Waals surface area contributed by atoms with E-state index < -0.39 is 29.7 Å². The van der Waals surface area contributed by atoms with Crippen molar-refractivity contribution in [1.29, 1.82) is 0 Å². The van der Waals surface area contributed by atoms with Gasteiger partial charge in [-0.1, -0.05) is 83.1 Å². The van der Waals surface area contributed by atoms with Gasteiger partial charge in [-0.25, -0.2) is 0 Å². The Morgan fingerprint density at radius 2 is 0.614 bits per heavy atom. The first kappa shape index (κ1) is 90.3. The molecule has 6 unspecified atom stereocenters. The highest BCUT2D eigenvalue weighted by Crippen LogP contribution is 2.41. The molecule has 3 saturated heterocycles. The second-order valence-corrected chi connectivity index (χ2v) is 29.6. The summed E-state index contributed by atoms with van der Waals surface area (Å²) < 4.78 is 55.7. The number of carbonyl (C=O) groups is 9. The van der Waals surface area contributed by atoms with Crippen molar-refractivity contribution in [1.82, 2.24) is 42.5 Å². The van der Waals surface area contributed by atoms with Gasteiger partial charge in [-0.05, 0) is 124 Å². The van der Waals surface area contributed by atoms with Crippen molar-refractivity contribution in [2.45, 2.75) is 288 Å². The minimum Gasteiger partial charge on any atom is -0.380 e. The largest absolute Gasteiger partial charge is 0.380 e. The van der Waals surface area contributed by atoms with Crippen LogP contribution in [0.4, 0.5) is 0 Å². The molecule has 3 rings (SSSR count). The third kappa shape index (κ3) is 34.7. The quantitative estimate of drug-likeness (QED) is 0.0271. The molecular weight excluding hydrogens is 1300 g/mol. The molecule has 8 N–H and O–H groups in total. The zero-order valence-electron chi connectivity index (χ0n) is 64.6. The van der Waals surface area contributed by atoms with E-state index in [0.29, 0.717) is 142 Å². The molecule has 0 aromatic heterocycles. The molecule has 15 atom stereocenters. The fraction of sp³-hybridized carbons (Fsp3) is 0.880. The first-order valence-corrected chi connectivity index (χ1v) is 38.3. The Kier molecular flexibility index (Phi) is 44.5. The highest BCUT2D eigenvalue weighted by Gasteiger charge is 2.46. The first-order chi connectivity index (χ1) is 48.1. The monoisotopic (exact) mass is 1440 g/mol. The smallest absolute Gasteiger partial charge is 0.222 e. The third-order valence-electron chi connectivity index (χ3n) is 20.7. The van der Waals surface area contributed by atoms with Crippen LogP contribution >= 0.6 is 0 Å². The molecule has 3 fully saturated rings. The Morgan fingerprint density at radius 1 is 0.337 bits per heavy atom. The highest BCUT2D eigenvalue weighted by molar-refractivity contribution is 5.79. The van der Waals surface area contributed by atoms with Crippen molar-refractivity contribution < 1.29 is 85.8 Å². The predicted molar refractivity (Wildman–Crippen MR) is 385 cm³/mol. The van der Waals surface area contributed by atoms with Crippen molar-refractivity contribution in [2.24, 2.45) is 46.3 Å². The van der Waals surface area contributed by atoms with Gasteiger partial charge in [0.25, 0.3) is 0 Å². The molecule has 3 heterocycles. The van der Waals surface area contributed by atoms with Crippen molar-refractivity contribution in [2.75, 3.05) is 92.2 Å². The number of ketones is 1. The SMILES string of the molecule is CCC1O[C@@H](OCCCCC(=O)NCCCCC(=O)CCOCC(COCCC(=O)NCCCNC(=O)CCCCO[C@@H]2OC(CC)[C@@H](C)[C@H](C)C2NC(C)=O)(COCCC(=O)NCCCNC(=O)CCCCO[C@@H]2OC(CC)[C@@H](C)[C@H](C)C2NC(C)=O)C(C)(C)C)C(NC(C)=O)[C@@H](C)[C@@H]1C. The maximum absolute atomic E-state index is 13.1. The summed E-state index contributed by atoms with van der Waals surface area (Å²) in [6, 6.07) is -0.747. The van der Waals surface area contributed by atoms with E-state index in [2.05, 4.69) is 105 Å². The van der Waals surface area contributed by atoms with Gasteiger partial charge in [-0.2, -0.15) is 0 Å².